The first kappa shape index (κ1) is 11.2. The van der Waals surface area contributed by atoms with Gasteiger partial charge in [0.25, 0.3) is 0 Å². The Morgan fingerprint density at radius 2 is 1.78 bits per heavy atom. The molecular formula is C15H11BrN2. The number of H-pyrrole nitrogens is 1. The number of halogens is 1. The van der Waals surface area contributed by atoms with Crippen molar-refractivity contribution in [3.63, 3.8) is 0 Å². The molecule has 88 valence electrons. The van der Waals surface area contributed by atoms with E-state index in [2.05, 4.69) is 50.2 Å². The summed E-state index contributed by atoms with van der Waals surface area (Å²) in [6.45, 7) is 0. The first-order valence-electron chi connectivity index (χ1n) is 5.69. The second-order valence-electron chi connectivity index (χ2n) is 3.99. The molecule has 0 radical (unpaired) electrons. The minimum atomic E-state index is 0.894. The van der Waals surface area contributed by atoms with Gasteiger partial charge in [0.2, 0.25) is 0 Å². The fourth-order valence-electron chi connectivity index (χ4n) is 2.01. The van der Waals surface area contributed by atoms with Gasteiger partial charge in [-0.1, -0.05) is 52.3 Å². The summed E-state index contributed by atoms with van der Waals surface area (Å²) in [7, 11) is 0. The third-order valence-corrected chi connectivity index (χ3v) is 3.31. The standard InChI is InChI=1S/C15H11BrN2/c16-12-5-3-4-11(10-12)13-6-1-2-7-14(13)15-17-8-9-18-15/h1-10H,(H,17,18). The molecule has 0 saturated heterocycles. The lowest BCUT2D eigenvalue weighted by Gasteiger charge is -2.08. The third-order valence-electron chi connectivity index (χ3n) is 2.82. The van der Waals surface area contributed by atoms with E-state index in [4.69, 9.17) is 0 Å². The molecule has 0 aliphatic heterocycles. The number of imidazole rings is 1. The van der Waals surface area contributed by atoms with Gasteiger partial charge in [0, 0.05) is 22.4 Å². The van der Waals surface area contributed by atoms with Crippen LogP contribution in [-0.2, 0) is 0 Å². The number of aromatic nitrogens is 2. The van der Waals surface area contributed by atoms with Crippen LogP contribution in [0, 0.1) is 0 Å². The number of aromatic amines is 1. The van der Waals surface area contributed by atoms with E-state index >= 15 is 0 Å². The van der Waals surface area contributed by atoms with Crippen molar-refractivity contribution in [2.45, 2.75) is 0 Å². The van der Waals surface area contributed by atoms with E-state index < -0.39 is 0 Å². The van der Waals surface area contributed by atoms with E-state index in [1.54, 1.807) is 6.20 Å². The van der Waals surface area contributed by atoms with Crippen LogP contribution in [0.5, 0.6) is 0 Å². The first-order chi connectivity index (χ1) is 8.84. The molecule has 0 amide bonds. The highest BCUT2D eigenvalue weighted by Gasteiger charge is 2.08. The van der Waals surface area contributed by atoms with Crippen LogP contribution < -0.4 is 0 Å². The van der Waals surface area contributed by atoms with Gasteiger partial charge in [-0.25, -0.2) is 4.98 Å². The van der Waals surface area contributed by atoms with Crippen LogP contribution in [0.3, 0.4) is 0 Å². The molecule has 0 atom stereocenters. The predicted octanol–water partition coefficient (Wildman–Crippen LogP) is 4.51. The van der Waals surface area contributed by atoms with Gasteiger partial charge < -0.3 is 4.98 Å². The molecular weight excluding hydrogens is 288 g/mol. The number of hydrogen-bond donors (Lipinski definition) is 1. The zero-order valence-corrected chi connectivity index (χ0v) is 11.2. The monoisotopic (exact) mass is 298 g/mol. The highest BCUT2D eigenvalue weighted by Crippen LogP contribution is 2.31. The summed E-state index contributed by atoms with van der Waals surface area (Å²) in [5.41, 5.74) is 3.46. The summed E-state index contributed by atoms with van der Waals surface area (Å²) < 4.78 is 1.08. The molecule has 3 rings (SSSR count). The molecule has 0 fully saturated rings. The van der Waals surface area contributed by atoms with E-state index in [1.165, 1.54) is 11.1 Å². The highest BCUT2D eigenvalue weighted by molar-refractivity contribution is 9.10. The topological polar surface area (TPSA) is 28.7 Å². The number of benzene rings is 2. The molecule has 2 aromatic carbocycles. The van der Waals surface area contributed by atoms with Crippen LogP contribution in [0.25, 0.3) is 22.5 Å². The number of nitrogens with zero attached hydrogens (tertiary/aromatic N) is 1. The molecule has 3 aromatic rings. The number of rotatable bonds is 2. The van der Waals surface area contributed by atoms with E-state index in [9.17, 15) is 0 Å². The zero-order valence-electron chi connectivity index (χ0n) is 9.60. The van der Waals surface area contributed by atoms with Crippen molar-refractivity contribution >= 4 is 15.9 Å². The average molecular weight is 299 g/mol. The van der Waals surface area contributed by atoms with Crippen molar-refractivity contribution in [3.8, 4) is 22.5 Å². The quantitative estimate of drug-likeness (QED) is 0.741. The van der Waals surface area contributed by atoms with E-state index in [-0.39, 0.29) is 0 Å². The summed E-state index contributed by atoms with van der Waals surface area (Å²) in [6.07, 6.45) is 3.61. The van der Waals surface area contributed by atoms with E-state index in [0.29, 0.717) is 0 Å². The Bertz CT molecular complexity index is 660. The smallest absolute Gasteiger partial charge is 0.137 e. The molecule has 0 bridgehead atoms. The molecule has 1 N–H and O–H groups in total. The third kappa shape index (κ3) is 2.09. The SMILES string of the molecule is Brc1cccc(-c2ccccc2-c2ncc[nH]2)c1. The van der Waals surface area contributed by atoms with Crippen LogP contribution in [0.2, 0.25) is 0 Å². The Labute approximate surface area is 114 Å². The van der Waals surface area contributed by atoms with Gasteiger partial charge in [0.05, 0.1) is 0 Å². The minimum absolute atomic E-state index is 0.894. The van der Waals surface area contributed by atoms with Crippen molar-refractivity contribution in [2.75, 3.05) is 0 Å². The van der Waals surface area contributed by atoms with Gasteiger partial charge in [-0.3, -0.25) is 0 Å². The lowest BCUT2D eigenvalue weighted by atomic mass is 9.99. The van der Waals surface area contributed by atoms with Crippen LogP contribution in [0.4, 0.5) is 0 Å². The molecule has 0 spiro atoms. The van der Waals surface area contributed by atoms with Crippen LogP contribution in [0.1, 0.15) is 0 Å². The summed E-state index contributed by atoms with van der Waals surface area (Å²) in [5, 5.41) is 0. The van der Waals surface area contributed by atoms with Gasteiger partial charge in [0.1, 0.15) is 5.82 Å². The number of nitrogens with one attached hydrogen (secondary N) is 1. The van der Waals surface area contributed by atoms with Crippen LogP contribution >= 0.6 is 15.9 Å². The molecule has 1 aromatic heterocycles. The van der Waals surface area contributed by atoms with Gasteiger partial charge >= 0.3 is 0 Å². The van der Waals surface area contributed by atoms with Crippen molar-refractivity contribution in [1.29, 1.82) is 0 Å². The molecule has 0 aliphatic rings. The molecule has 0 saturated carbocycles. The lowest BCUT2D eigenvalue weighted by Crippen LogP contribution is -1.86. The van der Waals surface area contributed by atoms with Gasteiger partial charge in [-0.2, -0.15) is 0 Å². The normalized spacial score (nSPS) is 10.5. The molecule has 2 nitrogen and oxygen atoms in total. The maximum atomic E-state index is 4.33. The lowest BCUT2D eigenvalue weighted by molar-refractivity contribution is 1.31. The number of hydrogen-bond acceptors (Lipinski definition) is 1. The maximum Gasteiger partial charge on any atom is 0.137 e. The molecule has 3 heteroatoms. The molecule has 0 unspecified atom stereocenters. The van der Waals surface area contributed by atoms with Crippen molar-refractivity contribution in [2.24, 2.45) is 0 Å². The summed E-state index contributed by atoms with van der Waals surface area (Å²) >= 11 is 3.51. The van der Waals surface area contributed by atoms with E-state index in [0.717, 1.165) is 15.9 Å². The Hall–Kier alpha value is -1.87. The van der Waals surface area contributed by atoms with Crippen molar-refractivity contribution < 1.29 is 0 Å². The first-order valence-corrected chi connectivity index (χ1v) is 6.48. The predicted molar refractivity (Wildman–Crippen MR) is 77.2 cm³/mol. The highest BCUT2D eigenvalue weighted by atomic mass is 79.9. The second kappa shape index (κ2) is 4.78. The summed E-state index contributed by atoms with van der Waals surface area (Å²) in [4.78, 5) is 7.48. The Morgan fingerprint density at radius 1 is 0.944 bits per heavy atom. The fraction of sp³-hybridized carbons (Fsp3) is 0. The van der Waals surface area contributed by atoms with Gasteiger partial charge in [-0.15, -0.1) is 0 Å². The van der Waals surface area contributed by atoms with Gasteiger partial charge in [-0.05, 0) is 23.3 Å². The maximum absolute atomic E-state index is 4.33. The summed E-state index contributed by atoms with van der Waals surface area (Å²) in [5.74, 6) is 0.894. The van der Waals surface area contributed by atoms with Crippen LogP contribution in [0.15, 0.2) is 65.4 Å². The molecule has 18 heavy (non-hydrogen) atoms. The van der Waals surface area contributed by atoms with E-state index in [1.807, 2.05) is 30.5 Å². The van der Waals surface area contributed by atoms with Gasteiger partial charge in [0.15, 0.2) is 0 Å². The zero-order chi connectivity index (χ0) is 12.4. The largest absolute Gasteiger partial charge is 0.345 e. The second-order valence-corrected chi connectivity index (χ2v) is 4.91. The minimum Gasteiger partial charge on any atom is -0.345 e. The fourth-order valence-corrected chi connectivity index (χ4v) is 2.41. The molecule has 0 aliphatic carbocycles. The Balaban J connectivity index is 2.18. The van der Waals surface area contributed by atoms with Crippen molar-refractivity contribution in [1.82, 2.24) is 9.97 Å². The molecule has 1 heterocycles. The van der Waals surface area contributed by atoms with Crippen molar-refractivity contribution in [3.05, 3.63) is 65.4 Å². The Morgan fingerprint density at radius 3 is 2.50 bits per heavy atom. The van der Waals surface area contributed by atoms with Crippen LogP contribution in [-0.4, -0.2) is 9.97 Å². The average Bonchev–Trinajstić information content (AvgIpc) is 2.92. The summed E-state index contributed by atoms with van der Waals surface area (Å²) in [6, 6.07) is 16.5. The Kier molecular flexibility index (Phi) is 2.99.